The molecule has 1 aromatic heterocycles. The van der Waals surface area contributed by atoms with Crippen LogP contribution in [0.1, 0.15) is 18.4 Å². The minimum absolute atomic E-state index is 0.295. The molecule has 0 atom stereocenters. The summed E-state index contributed by atoms with van der Waals surface area (Å²) < 4.78 is 14.0. The summed E-state index contributed by atoms with van der Waals surface area (Å²) >= 11 is 0. The number of piperidine rings is 1. The van der Waals surface area contributed by atoms with Gasteiger partial charge in [0.2, 0.25) is 0 Å². The van der Waals surface area contributed by atoms with Gasteiger partial charge in [0.25, 0.3) is 0 Å². The van der Waals surface area contributed by atoms with Crippen LogP contribution < -0.4 is 10.2 Å². The van der Waals surface area contributed by atoms with Crippen molar-refractivity contribution >= 4 is 11.5 Å². The molecule has 1 fully saturated rings. The van der Waals surface area contributed by atoms with Crippen molar-refractivity contribution in [1.29, 1.82) is 5.26 Å². The molecular formula is C16H16FN5. The number of hydrogen-bond acceptors (Lipinski definition) is 5. The highest BCUT2D eigenvalue weighted by molar-refractivity contribution is 5.60. The van der Waals surface area contributed by atoms with Crippen molar-refractivity contribution in [3.63, 3.8) is 0 Å². The number of anilines is 2. The molecule has 0 radical (unpaired) electrons. The number of rotatable bonds is 3. The van der Waals surface area contributed by atoms with Gasteiger partial charge < -0.3 is 10.2 Å². The molecule has 1 aromatic carbocycles. The van der Waals surface area contributed by atoms with E-state index >= 15 is 0 Å². The molecule has 2 aromatic rings. The molecule has 0 saturated carbocycles. The van der Waals surface area contributed by atoms with Crippen LogP contribution in [0.15, 0.2) is 36.8 Å². The lowest BCUT2D eigenvalue weighted by Crippen LogP contribution is -2.40. The Morgan fingerprint density at radius 3 is 2.77 bits per heavy atom. The number of halogens is 1. The number of nitrogens with one attached hydrogen (secondary N) is 1. The second-order valence-electron chi connectivity index (χ2n) is 5.25. The second kappa shape index (κ2) is 6.39. The Bertz CT molecular complexity index is 675. The number of aromatic nitrogens is 2. The van der Waals surface area contributed by atoms with Crippen LogP contribution in [0.25, 0.3) is 0 Å². The van der Waals surface area contributed by atoms with E-state index < -0.39 is 0 Å². The van der Waals surface area contributed by atoms with Crippen LogP contribution in [0.2, 0.25) is 0 Å². The molecule has 6 heteroatoms. The Morgan fingerprint density at radius 2 is 2.09 bits per heavy atom. The first kappa shape index (κ1) is 14.3. The molecular weight excluding hydrogens is 281 g/mol. The zero-order chi connectivity index (χ0) is 15.4. The fraction of sp³-hybridized carbons (Fsp3) is 0.312. The highest BCUT2D eigenvalue weighted by Crippen LogP contribution is 2.27. The van der Waals surface area contributed by atoms with Gasteiger partial charge in [0.15, 0.2) is 0 Å². The van der Waals surface area contributed by atoms with Crippen molar-refractivity contribution in [2.24, 2.45) is 0 Å². The summed E-state index contributed by atoms with van der Waals surface area (Å²) in [4.78, 5) is 9.99. The lowest BCUT2D eigenvalue weighted by atomic mass is 10.0. The minimum Gasteiger partial charge on any atom is -0.368 e. The number of para-hydroxylation sites is 1. The minimum atomic E-state index is -0.332. The Kier molecular flexibility index (Phi) is 4.15. The summed E-state index contributed by atoms with van der Waals surface area (Å²) in [5.74, 6) is 0.471. The maximum atomic E-state index is 14.0. The summed E-state index contributed by atoms with van der Waals surface area (Å²) in [6.07, 6.45) is 4.94. The van der Waals surface area contributed by atoms with Crippen molar-refractivity contribution < 1.29 is 4.39 Å². The fourth-order valence-corrected chi connectivity index (χ4v) is 2.76. The average Bonchev–Trinajstić information content (AvgIpc) is 2.56. The van der Waals surface area contributed by atoms with Crippen molar-refractivity contribution in [2.75, 3.05) is 23.3 Å². The van der Waals surface area contributed by atoms with Gasteiger partial charge in [0.05, 0.1) is 11.3 Å². The molecule has 2 heterocycles. The summed E-state index contributed by atoms with van der Waals surface area (Å²) in [5, 5.41) is 12.5. The van der Waals surface area contributed by atoms with E-state index in [1.807, 2.05) is 11.0 Å². The fourth-order valence-electron chi connectivity index (χ4n) is 2.76. The van der Waals surface area contributed by atoms with Crippen LogP contribution in [0, 0.1) is 17.1 Å². The van der Waals surface area contributed by atoms with Gasteiger partial charge >= 0.3 is 0 Å². The first-order valence-electron chi connectivity index (χ1n) is 7.24. The van der Waals surface area contributed by atoms with Crippen LogP contribution >= 0.6 is 0 Å². The molecule has 22 heavy (non-hydrogen) atoms. The van der Waals surface area contributed by atoms with Crippen LogP contribution in [0.5, 0.6) is 0 Å². The van der Waals surface area contributed by atoms with Crippen molar-refractivity contribution in [2.45, 2.75) is 18.9 Å². The summed E-state index contributed by atoms with van der Waals surface area (Å²) in [5.41, 5.74) is 0.813. The highest BCUT2D eigenvalue weighted by atomic mass is 19.1. The van der Waals surface area contributed by atoms with Crippen LogP contribution in [-0.4, -0.2) is 29.1 Å². The predicted molar refractivity (Wildman–Crippen MR) is 82.0 cm³/mol. The molecule has 1 saturated heterocycles. The van der Waals surface area contributed by atoms with E-state index in [4.69, 9.17) is 5.26 Å². The van der Waals surface area contributed by atoms with Crippen molar-refractivity contribution in [1.82, 2.24) is 9.97 Å². The van der Waals surface area contributed by atoms with Crippen molar-refractivity contribution in [3.05, 3.63) is 48.2 Å². The van der Waals surface area contributed by atoms with Crippen LogP contribution in [-0.2, 0) is 0 Å². The summed E-state index contributed by atoms with van der Waals surface area (Å²) in [6.45, 7) is 1.41. The molecule has 0 spiro atoms. The SMILES string of the molecule is N#Cc1cccc(F)c1N1CCC(Nc2ccncn2)CC1. The van der Waals surface area contributed by atoms with Gasteiger partial charge in [-0.2, -0.15) is 5.26 Å². The molecule has 0 amide bonds. The molecule has 5 nitrogen and oxygen atoms in total. The molecule has 112 valence electrons. The van der Waals surface area contributed by atoms with Gasteiger partial charge in [0, 0.05) is 25.3 Å². The third kappa shape index (κ3) is 2.98. The van der Waals surface area contributed by atoms with Crippen molar-refractivity contribution in [3.8, 4) is 6.07 Å². The first-order chi connectivity index (χ1) is 10.8. The lowest BCUT2D eigenvalue weighted by molar-refractivity contribution is 0.515. The van der Waals surface area contributed by atoms with Gasteiger partial charge in [-0.25, -0.2) is 14.4 Å². The molecule has 1 N–H and O–H groups in total. The van der Waals surface area contributed by atoms with E-state index in [9.17, 15) is 4.39 Å². The number of hydrogen-bond donors (Lipinski definition) is 1. The molecule has 0 unspecified atom stereocenters. The standard InChI is InChI=1S/C16H16FN5/c17-14-3-1-2-12(10-18)16(14)22-8-5-13(6-9-22)21-15-4-7-19-11-20-15/h1-4,7,11,13H,5-6,8-9H2,(H,19,20,21). The number of nitrogens with zero attached hydrogens (tertiary/aromatic N) is 4. The monoisotopic (exact) mass is 297 g/mol. The molecule has 0 aliphatic carbocycles. The van der Waals surface area contributed by atoms with Gasteiger partial charge in [-0.05, 0) is 31.0 Å². The Morgan fingerprint density at radius 1 is 1.27 bits per heavy atom. The molecule has 1 aliphatic rings. The van der Waals surface area contributed by atoms with E-state index in [1.54, 1.807) is 18.3 Å². The van der Waals surface area contributed by atoms with Gasteiger partial charge in [-0.3, -0.25) is 0 Å². The normalized spacial score (nSPS) is 15.4. The molecule has 0 bridgehead atoms. The van der Waals surface area contributed by atoms with E-state index in [2.05, 4.69) is 21.4 Å². The van der Waals surface area contributed by atoms with Gasteiger partial charge in [-0.15, -0.1) is 0 Å². The van der Waals surface area contributed by atoms with Crippen LogP contribution in [0.4, 0.5) is 15.9 Å². The van der Waals surface area contributed by atoms with Crippen LogP contribution in [0.3, 0.4) is 0 Å². The maximum absolute atomic E-state index is 14.0. The Hall–Kier alpha value is -2.68. The molecule has 1 aliphatic heterocycles. The molecule has 3 rings (SSSR count). The Labute approximate surface area is 128 Å². The third-order valence-electron chi connectivity index (χ3n) is 3.85. The summed E-state index contributed by atoms with van der Waals surface area (Å²) in [6, 6.07) is 8.83. The number of nitriles is 1. The lowest BCUT2D eigenvalue weighted by Gasteiger charge is -2.34. The quantitative estimate of drug-likeness (QED) is 0.943. The second-order valence-corrected chi connectivity index (χ2v) is 5.25. The highest BCUT2D eigenvalue weighted by Gasteiger charge is 2.23. The summed E-state index contributed by atoms with van der Waals surface area (Å²) in [7, 11) is 0. The number of benzene rings is 1. The zero-order valence-corrected chi connectivity index (χ0v) is 12.0. The van der Waals surface area contributed by atoms with E-state index in [0.717, 1.165) is 18.7 Å². The van der Waals surface area contributed by atoms with Gasteiger partial charge in [-0.1, -0.05) is 6.07 Å². The average molecular weight is 297 g/mol. The maximum Gasteiger partial charge on any atom is 0.147 e. The smallest absolute Gasteiger partial charge is 0.147 e. The first-order valence-corrected chi connectivity index (χ1v) is 7.24. The largest absolute Gasteiger partial charge is 0.368 e. The predicted octanol–water partition coefficient (Wildman–Crippen LogP) is 2.57. The van der Waals surface area contributed by atoms with Gasteiger partial charge in [0.1, 0.15) is 24.0 Å². The van der Waals surface area contributed by atoms with E-state index in [0.29, 0.717) is 30.4 Å². The topological polar surface area (TPSA) is 64.8 Å². The van der Waals surface area contributed by atoms with E-state index in [-0.39, 0.29) is 5.82 Å². The zero-order valence-electron chi connectivity index (χ0n) is 12.0. The Balaban J connectivity index is 1.66. The third-order valence-corrected chi connectivity index (χ3v) is 3.85. The van der Waals surface area contributed by atoms with E-state index in [1.165, 1.54) is 12.4 Å².